The van der Waals surface area contributed by atoms with Crippen LogP contribution in [0.25, 0.3) is 27.3 Å². The number of hydrogen-bond acceptors (Lipinski definition) is 4. The highest BCUT2D eigenvalue weighted by molar-refractivity contribution is 7.15. The van der Waals surface area contributed by atoms with Crippen molar-refractivity contribution in [3.8, 4) is 11.3 Å². The molecular weight excluding hydrogens is 358 g/mol. The summed E-state index contributed by atoms with van der Waals surface area (Å²) in [7, 11) is 0. The van der Waals surface area contributed by atoms with E-state index in [1.54, 1.807) is 17.7 Å². The van der Waals surface area contributed by atoms with E-state index in [2.05, 4.69) is 15.3 Å². The summed E-state index contributed by atoms with van der Waals surface area (Å²) in [6, 6.07) is 15.5. The fourth-order valence-corrected chi connectivity index (χ4v) is 3.78. The van der Waals surface area contributed by atoms with Crippen LogP contribution in [0.2, 0.25) is 0 Å². The Morgan fingerprint density at radius 2 is 1.96 bits per heavy atom. The van der Waals surface area contributed by atoms with E-state index in [1.165, 1.54) is 0 Å². The van der Waals surface area contributed by atoms with Gasteiger partial charge in [-0.3, -0.25) is 9.20 Å². The Morgan fingerprint density at radius 1 is 1.11 bits per heavy atom. The van der Waals surface area contributed by atoms with Gasteiger partial charge in [0.2, 0.25) is 5.91 Å². The summed E-state index contributed by atoms with van der Waals surface area (Å²) >= 11 is 1.60. The fourth-order valence-electron chi connectivity index (χ4n) is 3.08. The van der Waals surface area contributed by atoms with E-state index in [-0.39, 0.29) is 12.5 Å². The molecule has 132 valence electrons. The van der Waals surface area contributed by atoms with Crippen LogP contribution in [0, 0.1) is 0 Å². The molecule has 0 aliphatic heterocycles. The molecule has 0 aliphatic rings. The van der Waals surface area contributed by atoms with Gasteiger partial charge in [-0.05, 0) is 24.3 Å². The number of fused-ring (bicyclic) bond motifs is 2. The van der Waals surface area contributed by atoms with Gasteiger partial charge in [0.05, 0.1) is 23.1 Å². The lowest BCUT2D eigenvalue weighted by atomic mass is 10.1. The Kier molecular flexibility index (Phi) is 3.72. The molecule has 5 aromatic rings. The lowest BCUT2D eigenvalue weighted by Crippen LogP contribution is -2.18. The highest BCUT2D eigenvalue weighted by Crippen LogP contribution is 2.23. The number of carbonyl (C=O) groups is 1. The SMILES string of the molecule is O=C(Cn1cnc2ccccc21)Nc1ccc(-c2cn3ccsc3n2)cc1. The average molecular weight is 373 g/mol. The van der Waals surface area contributed by atoms with Crippen LogP contribution in [-0.4, -0.2) is 24.8 Å². The highest BCUT2D eigenvalue weighted by atomic mass is 32.1. The second-order valence-electron chi connectivity index (χ2n) is 6.21. The van der Waals surface area contributed by atoms with Gasteiger partial charge in [0.25, 0.3) is 0 Å². The quantitative estimate of drug-likeness (QED) is 0.517. The third kappa shape index (κ3) is 2.98. The molecule has 3 heterocycles. The summed E-state index contributed by atoms with van der Waals surface area (Å²) in [5.74, 6) is -0.0894. The number of thiazole rings is 1. The predicted octanol–water partition coefficient (Wildman–Crippen LogP) is 4.05. The summed E-state index contributed by atoms with van der Waals surface area (Å²) in [5, 5.41) is 4.94. The van der Waals surface area contributed by atoms with Crippen molar-refractivity contribution in [2.24, 2.45) is 0 Å². The molecule has 27 heavy (non-hydrogen) atoms. The number of anilines is 1. The molecular formula is C20H15N5OS. The van der Waals surface area contributed by atoms with E-state index >= 15 is 0 Å². The number of nitrogens with zero attached hydrogens (tertiary/aromatic N) is 4. The van der Waals surface area contributed by atoms with Crippen molar-refractivity contribution < 1.29 is 4.79 Å². The molecule has 0 spiro atoms. The molecule has 0 radical (unpaired) electrons. The van der Waals surface area contributed by atoms with Crippen molar-refractivity contribution >= 4 is 38.9 Å². The molecule has 0 unspecified atom stereocenters. The zero-order valence-electron chi connectivity index (χ0n) is 14.2. The molecule has 0 aliphatic carbocycles. The molecule has 0 saturated heterocycles. The van der Waals surface area contributed by atoms with E-state index in [4.69, 9.17) is 0 Å². The summed E-state index contributed by atoms with van der Waals surface area (Å²) in [6.45, 7) is 0.222. The van der Waals surface area contributed by atoms with Gasteiger partial charge in [-0.25, -0.2) is 9.97 Å². The number of hydrogen-bond donors (Lipinski definition) is 1. The molecule has 0 bridgehead atoms. The Hall–Kier alpha value is -3.45. The van der Waals surface area contributed by atoms with Crippen LogP contribution >= 0.6 is 11.3 Å². The highest BCUT2D eigenvalue weighted by Gasteiger charge is 2.09. The predicted molar refractivity (Wildman–Crippen MR) is 107 cm³/mol. The first-order valence-electron chi connectivity index (χ1n) is 8.49. The standard InChI is InChI=1S/C20H15N5OS/c26-19(12-25-13-21-16-3-1-2-4-18(16)25)22-15-7-5-14(6-8-15)17-11-24-9-10-27-20(24)23-17/h1-11,13H,12H2,(H,22,26). The largest absolute Gasteiger partial charge is 0.325 e. The second kappa shape index (κ2) is 6.37. The maximum Gasteiger partial charge on any atom is 0.244 e. The Bertz CT molecular complexity index is 1220. The molecule has 6 nitrogen and oxygen atoms in total. The Balaban J connectivity index is 1.30. The number of imidazole rings is 2. The molecule has 5 rings (SSSR count). The number of aromatic nitrogens is 4. The van der Waals surface area contributed by atoms with E-state index in [1.807, 2.05) is 75.3 Å². The van der Waals surface area contributed by atoms with Crippen LogP contribution < -0.4 is 5.32 Å². The van der Waals surface area contributed by atoms with Gasteiger partial charge in [-0.15, -0.1) is 11.3 Å². The van der Waals surface area contributed by atoms with Crippen LogP contribution in [-0.2, 0) is 11.3 Å². The third-order valence-electron chi connectivity index (χ3n) is 4.40. The lowest BCUT2D eigenvalue weighted by Gasteiger charge is -2.07. The monoisotopic (exact) mass is 373 g/mol. The molecule has 7 heteroatoms. The maximum atomic E-state index is 12.4. The summed E-state index contributed by atoms with van der Waals surface area (Å²) < 4.78 is 3.85. The van der Waals surface area contributed by atoms with Crippen LogP contribution in [0.4, 0.5) is 5.69 Å². The molecule has 2 aromatic carbocycles. The zero-order valence-corrected chi connectivity index (χ0v) is 15.1. The van der Waals surface area contributed by atoms with Crippen LogP contribution in [0.15, 0.2) is 72.6 Å². The molecule has 1 N–H and O–H groups in total. The van der Waals surface area contributed by atoms with Crippen molar-refractivity contribution in [3.63, 3.8) is 0 Å². The van der Waals surface area contributed by atoms with Crippen LogP contribution in [0.1, 0.15) is 0 Å². The van der Waals surface area contributed by atoms with Crippen molar-refractivity contribution in [3.05, 3.63) is 72.6 Å². The molecule has 1 amide bonds. The second-order valence-corrected chi connectivity index (χ2v) is 7.08. The topological polar surface area (TPSA) is 64.2 Å². The van der Waals surface area contributed by atoms with Crippen molar-refractivity contribution in [2.45, 2.75) is 6.54 Å². The summed E-state index contributed by atoms with van der Waals surface area (Å²) in [5.41, 5.74) is 4.53. The smallest absolute Gasteiger partial charge is 0.244 e. The van der Waals surface area contributed by atoms with Gasteiger partial charge in [0.15, 0.2) is 4.96 Å². The average Bonchev–Trinajstić information content (AvgIpc) is 3.38. The lowest BCUT2D eigenvalue weighted by molar-refractivity contribution is -0.116. The first kappa shape index (κ1) is 15.8. The molecule has 3 aromatic heterocycles. The summed E-state index contributed by atoms with van der Waals surface area (Å²) in [6.07, 6.45) is 5.69. The van der Waals surface area contributed by atoms with E-state index < -0.39 is 0 Å². The summed E-state index contributed by atoms with van der Waals surface area (Å²) in [4.78, 5) is 22.3. The fraction of sp³-hybridized carbons (Fsp3) is 0.0500. The van der Waals surface area contributed by atoms with E-state index in [9.17, 15) is 4.79 Å². The minimum absolute atomic E-state index is 0.0894. The van der Waals surface area contributed by atoms with E-state index in [0.29, 0.717) is 0 Å². The van der Waals surface area contributed by atoms with Crippen molar-refractivity contribution in [1.29, 1.82) is 0 Å². The first-order valence-corrected chi connectivity index (χ1v) is 9.36. The molecule has 0 atom stereocenters. The minimum Gasteiger partial charge on any atom is -0.325 e. The number of rotatable bonds is 4. The number of carbonyl (C=O) groups excluding carboxylic acids is 1. The Morgan fingerprint density at radius 3 is 2.81 bits per heavy atom. The van der Waals surface area contributed by atoms with Crippen LogP contribution in [0.5, 0.6) is 0 Å². The van der Waals surface area contributed by atoms with Crippen molar-refractivity contribution in [1.82, 2.24) is 18.9 Å². The Labute approximate surface area is 158 Å². The molecule has 0 fully saturated rings. The van der Waals surface area contributed by atoms with E-state index in [0.717, 1.165) is 32.9 Å². The number of para-hydroxylation sites is 2. The van der Waals surface area contributed by atoms with Gasteiger partial charge < -0.3 is 9.88 Å². The van der Waals surface area contributed by atoms with Crippen LogP contribution in [0.3, 0.4) is 0 Å². The van der Waals surface area contributed by atoms with Gasteiger partial charge >= 0.3 is 0 Å². The van der Waals surface area contributed by atoms with Gasteiger partial charge in [-0.2, -0.15) is 0 Å². The van der Waals surface area contributed by atoms with Crippen molar-refractivity contribution in [2.75, 3.05) is 5.32 Å². The first-order chi connectivity index (χ1) is 13.3. The number of nitrogens with one attached hydrogen (secondary N) is 1. The zero-order chi connectivity index (χ0) is 18.2. The minimum atomic E-state index is -0.0894. The maximum absolute atomic E-state index is 12.4. The number of amides is 1. The normalized spacial score (nSPS) is 11.3. The number of benzene rings is 2. The van der Waals surface area contributed by atoms with Gasteiger partial charge in [0.1, 0.15) is 6.54 Å². The van der Waals surface area contributed by atoms with Gasteiger partial charge in [-0.1, -0.05) is 24.3 Å². The van der Waals surface area contributed by atoms with Gasteiger partial charge in [0, 0.05) is 29.0 Å². The third-order valence-corrected chi connectivity index (χ3v) is 5.17. The molecule has 0 saturated carbocycles.